The molecule has 1 N–H and O–H groups in total. The normalized spacial score (nSPS) is 14.4. The van der Waals surface area contributed by atoms with Gasteiger partial charge in [-0.3, -0.25) is 9.59 Å². The molecule has 36 heavy (non-hydrogen) atoms. The molecule has 1 aliphatic rings. The van der Waals surface area contributed by atoms with Crippen LogP contribution >= 0.6 is 11.3 Å². The molecule has 180 valence electrons. The predicted molar refractivity (Wildman–Crippen MR) is 132 cm³/mol. The van der Waals surface area contributed by atoms with Crippen molar-refractivity contribution in [2.24, 2.45) is 0 Å². The van der Waals surface area contributed by atoms with Crippen LogP contribution in [0.3, 0.4) is 0 Å². The zero-order chi connectivity index (χ0) is 25.2. The highest BCUT2D eigenvalue weighted by Gasteiger charge is 2.29. The van der Waals surface area contributed by atoms with Gasteiger partial charge in [-0.25, -0.2) is 4.98 Å². The number of ketones is 1. The summed E-state index contributed by atoms with van der Waals surface area (Å²) in [6, 6.07) is 17.3. The number of carboxylic acids is 1. The summed E-state index contributed by atoms with van der Waals surface area (Å²) in [7, 11) is 1.61. The molecule has 0 radical (unpaired) electrons. The van der Waals surface area contributed by atoms with E-state index >= 15 is 0 Å². The van der Waals surface area contributed by atoms with E-state index in [9.17, 15) is 20.0 Å². The molecule has 8 nitrogen and oxygen atoms in total. The fraction of sp³-hybridized carbons (Fsp3) is 0.185. The van der Waals surface area contributed by atoms with E-state index in [0.29, 0.717) is 29.0 Å². The van der Waals surface area contributed by atoms with Crippen LogP contribution < -0.4 is 14.2 Å². The van der Waals surface area contributed by atoms with E-state index in [4.69, 9.17) is 14.2 Å². The molecule has 1 aromatic heterocycles. The van der Waals surface area contributed by atoms with Crippen molar-refractivity contribution < 1.29 is 28.9 Å². The van der Waals surface area contributed by atoms with E-state index in [0.717, 1.165) is 21.0 Å². The number of benzene rings is 3. The van der Waals surface area contributed by atoms with Crippen molar-refractivity contribution in [1.29, 1.82) is 5.26 Å². The predicted octanol–water partition coefficient (Wildman–Crippen LogP) is 5.34. The number of hydrogen-bond acceptors (Lipinski definition) is 8. The molecule has 0 fully saturated rings. The van der Waals surface area contributed by atoms with Gasteiger partial charge in [-0.15, -0.1) is 11.3 Å². The van der Waals surface area contributed by atoms with Crippen LogP contribution in [0.4, 0.5) is 0 Å². The highest BCUT2D eigenvalue weighted by molar-refractivity contribution is 7.18. The zero-order valence-corrected chi connectivity index (χ0v) is 20.0. The van der Waals surface area contributed by atoms with Crippen molar-refractivity contribution in [3.63, 3.8) is 0 Å². The van der Waals surface area contributed by atoms with Gasteiger partial charge in [0.25, 0.3) is 0 Å². The lowest BCUT2D eigenvalue weighted by Crippen LogP contribution is -2.21. The maximum Gasteiger partial charge on any atom is 0.311 e. The van der Waals surface area contributed by atoms with Gasteiger partial charge >= 0.3 is 5.97 Å². The van der Waals surface area contributed by atoms with Crippen molar-refractivity contribution in [3.05, 3.63) is 76.3 Å². The average Bonchev–Trinajstić information content (AvgIpc) is 3.29. The Morgan fingerprint density at radius 3 is 2.67 bits per heavy atom. The summed E-state index contributed by atoms with van der Waals surface area (Å²) < 4.78 is 17.7. The van der Waals surface area contributed by atoms with Gasteiger partial charge in [0.05, 0.1) is 41.8 Å². The molecule has 0 saturated heterocycles. The number of thiazole rings is 1. The standard InChI is InChI=1S/C27H20N2O6S/c1-33-18-6-7-21-25(11-18)36-26(29-21)12-22(30)15-2-4-17(5-3-15)35-23-13-24-20(10-16(23)14-28)19(27(31)32)8-9-34-24/h2-7,10-11,13,19H,8-9,12H2,1H3,(H,31,32). The third kappa shape index (κ3) is 4.59. The van der Waals surface area contributed by atoms with Gasteiger partial charge in [0.1, 0.15) is 34.1 Å². The second-order valence-electron chi connectivity index (χ2n) is 8.19. The molecular weight excluding hydrogens is 480 g/mol. The maximum atomic E-state index is 12.8. The van der Waals surface area contributed by atoms with Crippen molar-refractivity contribution in [3.8, 4) is 29.1 Å². The molecular formula is C27H20N2O6S. The summed E-state index contributed by atoms with van der Waals surface area (Å²) in [5.74, 6) is 0.0639. The number of aliphatic carboxylic acids is 1. The highest BCUT2D eigenvalue weighted by atomic mass is 32.1. The minimum atomic E-state index is -0.956. The first kappa shape index (κ1) is 23.3. The Labute approximate surface area is 210 Å². The smallest absolute Gasteiger partial charge is 0.311 e. The van der Waals surface area contributed by atoms with Gasteiger partial charge in [-0.2, -0.15) is 5.26 Å². The number of aromatic nitrogens is 1. The molecule has 4 aromatic rings. The van der Waals surface area contributed by atoms with Crippen LogP contribution in [-0.2, 0) is 11.2 Å². The van der Waals surface area contributed by atoms with Crippen LogP contribution in [0, 0.1) is 11.3 Å². The number of nitriles is 1. The Bertz CT molecular complexity index is 1520. The maximum absolute atomic E-state index is 12.8. The highest BCUT2D eigenvalue weighted by Crippen LogP contribution is 2.39. The lowest BCUT2D eigenvalue weighted by atomic mass is 9.91. The van der Waals surface area contributed by atoms with E-state index < -0.39 is 11.9 Å². The number of rotatable bonds is 7. The first-order valence-corrected chi connectivity index (χ1v) is 11.9. The molecule has 1 unspecified atom stereocenters. The van der Waals surface area contributed by atoms with E-state index in [1.54, 1.807) is 37.4 Å². The molecule has 0 aliphatic carbocycles. The molecule has 5 rings (SSSR count). The Balaban J connectivity index is 1.32. The molecule has 0 spiro atoms. The molecule has 2 heterocycles. The number of fused-ring (bicyclic) bond motifs is 2. The van der Waals surface area contributed by atoms with Crippen molar-refractivity contribution in [2.45, 2.75) is 18.8 Å². The summed E-state index contributed by atoms with van der Waals surface area (Å²) >= 11 is 1.46. The van der Waals surface area contributed by atoms with E-state index in [1.807, 2.05) is 18.2 Å². The lowest BCUT2D eigenvalue weighted by molar-refractivity contribution is -0.139. The van der Waals surface area contributed by atoms with Gasteiger partial charge in [0, 0.05) is 17.2 Å². The molecule has 1 atom stereocenters. The first-order valence-electron chi connectivity index (χ1n) is 11.1. The minimum absolute atomic E-state index is 0.0767. The topological polar surface area (TPSA) is 119 Å². The molecule has 0 saturated carbocycles. The second-order valence-corrected chi connectivity index (χ2v) is 9.31. The Hall–Kier alpha value is -4.42. The summed E-state index contributed by atoms with van der Waals surface area (Å²) in [6.45, 7) is 0.272. The van der Waals surface area contributed by atoms with Crippen molar-refractivity contribution in [1.82, 2.24) is 4.98 Å². The lowest BCUT2D eigenvalue weighted by Gasteiger charge is -2.24. The van der Waals surface area contributed by atoms with Gasteiger partial charge in [-0.05, 0) is 55.0 Å². The van der Waals surface area contributed by atoms with Crippen molar-refractivity contribution in [2.75, 3.05) is 13.7 Å². The van der Waals surface area contributed by atoms with Crippen LogP contribution in [0.1, 0.15) is 38.8 Å². The molecule has 0 bridgehead atoms. The summed E-state index contributed by atoms with van der Waals surface area (Å²) in [5, 5.41) is 19.8. The second kappa shape index (κ2) is 9.68. The van der Waals surface area contributed by atoms with Crippen LogP contribution in [0.2, 0.25) is 0 Å². The minimum Gasteiger partial charge on any atom is -0.497 e. The monoisotopic (exact) mass is 500 g/mol. The number of methoxy groups -OCH3 is 1. The third-order valence-electron chi connectivity index (χ3n) is 5.93. The summed E-state index contributed by atoms with van der Waals surface area (Å²) in [4.78, 5) is 28.9. The Kier molecular flexibility index (Phi) is 6.27. The van der Waals surface area contributed by atoms with Crippen LogP contribution in [0.25, 0.3) is 10.2 Å². The van der Waals surface area contributed by atoms with E-state index in [1.165, 1.54) is 17.4 Å². The largest absolute Gasteiger partial charge is 0.497 e. The SMILES string of the molecule is COc1ccc2nc(CC(=O)c3ccc(Oc4cc5c(cc4C#N)C(C(=O)O)CCO5)cc3)sc2c1. The van der Waals surface area contributed by atoms with Gasteiger partial charge in [0.15, 0.2) is 5.78 Å². The zero-order valence-electron chi connectivity index (χ0n) is 19.2. The van der Waals surface area contributed by atoms with Crippen LogP contribution in [-0.4, -0.2) is 35.6 Å². The number of carbonyl (C=O) groups is 2. The molecule has 9 heteroatoms. The average molecular weight is 501 g/mol. The van der Waals surface area contributed by atoms with Gasteiger partial charge in [0.2, 0.25) is 0 Å². The number of nitrogens with zero attached hydrogens (tertiary/aromatic N) is 2. The van der Waals surface area contributed by atoms with Crippen molar-refractivity contribution >= 4 is 33.3 Å². The quantitative estimate of drug-likeness (QED) is 0.338. The summed E-state index contributed by atoms with van der Waals surface area (Å²) in [6.07, 6.45) is 0.515. The number of Topliss-reactive ketones (excluding diaryl/α,β-unsaturated/α-hetero) is 1. The molecule has 0 amide bonds. The van der Waals surface area contributed by atoms with Crippen LogP contribution in [0.15, 0.2) is 54.6 Å². The first-order chi connectivity index (χ1) is 17.4. The van der Waals surface area contributed by atoms with E-state index in [2.05, 4.69) is 11.1 Å². The molecule has 1 aliphatic heterocycles. The fourth-order valence-corrected chi connectivity index (χ4v) is 5.07. The number of hydrogen-bond donors (Lipinski definition) is 1. The summed E-state index contributed by atoms with van der Waals surface area (Å²) in [5.41, 5.74) is 2.01. The van der Waals surface area contributed by atoms with Gasteiger partial charge < -0.3 is 19.3 Å². The number of carbonyl (C=O) groups excluding carboxylic acids is 1. The van der Waals surface area contributed by atoms with Crippen LogP contribution in [0.5, 0.6) is 23.0 Å². The fourth-order valence-electron chi connectivity index (χ4n) is 4.08. The Morgan fingerprint density at radius 1 is 1.17 bits per heavy atom. The molecule has 3 aromatic carbocycles. The number of ether oxygens (including phenoxy) is 3. The van der Waals surface area contributed by atoms with E-state index in [-0.39, 0.29) is 30.1 Å². The third-order valence-corrected chi connectivity index (χ3v) is 6.94. The van der Waals surface area contributed by atoms with Gasteiger partial charge in [-0.1, -0.05) is 0 Å². The Morgan fingerprint density at radius 2 is 1.94 bits per heavy atom. The number of carboxylic acid groups (broad SMARTS) is 1.